The van der Waals surface area contributed by atoms with E-state index in [0.717, 1.165) is 19.6 Å². The maximum atomic E-state index is 6.38. The molecule has 6 atom stereocenters. The largest absolute Gasteiger partial charge is 0.325 e. The van der Waals surface area contributed by atoms with Crippen LogP contribution in [0, 0.1) is 0 Å². The first-order valence-electron chi connectivity index (χ1n) is 11.5. The molecule has 0 bridgehead atoms. The van der Waals surface area contributed by atoms with Gasteiger partial charge < -0.3 is 21.3 Å². The highest BCUT2D eigenvalue weighted by Crippen LogP contribution is 2.20. The Labute approximate surface area is 174 Å². The van der Waals surface area contributed by atoms with Crippen LogP contribution in [-0.2, 0) is 0 Å². The van der Waals surface area contributed by atoms with Gasteiger partial charge in [0.2, 0.25) is 0 Å². The monoisotopic (exact) mass is 396 g/mol. The molecule has 2 aliphatic heterocycles. The van der Waals surface area contributed by atoms with Crippen molar-refractivity contribution >= 4 is 0 Å². The molecule has 0 aromatic carbocycles. The molecule has 0 aliphatic carbocycles. The van der Waals surface area contributed by atoms with Gasteiger partial charge in [-0.05, 0) is 54.6 Å². The molecule has 4 N–H and O–H groups in total. The number of nitrogens with one attached hydrogen (secondary N) is 2. The lowest BCUT2D eigenvalue weighted by Crippen LogP contribution is -2.49. The summed E-state index contributed by atoms with van der Waals surface area (Å²) in [6, 6.07) is 4.09. The van der Waals surface area contributed by atoms with Crippen molar-refractivity contribution in [2.24, 2.45) is 5.73 Å². The molecule has 0 saturated carbocycles. The number of likely N-dealkylation sites (N-methyl/N-ethyl adjacent to an activating group) is 1. The van der Waals surface area contributed by atoms with Gasteiger partial charge in [-0.15, -0.1) is 0 Å². The zero-order valence-electron chi connectivity index (χ0n) is 19.8. The first-order chi connectivity index (χ1) is 13.1. The van der Waals surface area contributed by atoms with Crippen LogP contribution in [0.15, 0.2) is 0 Å². The zero-order chi connectivity index (χ0) is 21.0. The lowest BCUT2D eigenvalue weighted by atomic mass is 10.0. The number of hydrogen-bond donors (Lipinski definition) is 3. The summed E-state index contributed by atoms with van der Waals surface area (Å²) in [4.78, 5) is 7.57. The molecular weight excluding hydrogens is 348 g/mol. The van der Waals surface area contributed by atoms with Crippen molar-refractivity contribution in [3.63, 3.8) is 0 Å². The molecule has 2 fully saturated rings. The van der Waals surface area contributed by atoms with Crippen LogP contribution in [0.5, 0.6) is 0 Å². The van der Waals surface area contributed by atoms with Gasteiger partial charge in [0.15, 0.2) is 0 Å². The Bertz CT molecular complexity index is 454. The van der Waals surface area contributed by atoms with E-state index >= 15 is 0 Å². The third kappa shape index (κ3) is 6.64. The van der Waals surface area contributed by atoms with Gasteiger partial charge in [0.05, 0.1) is 0 Å². The Morgan fingerprint density at radius 3 is 2.07 bits per heavy atom. The van der Waals surface area contributed by atoms with Crippen LogP contribution in [0.25, 0.3) is 0 Å². The van der Waals surface area contributed by atoms with Crippen LogP contribution >= 0.6 is 0 Å². The van der Waals surface area contributed by atoms with E-state index in [0.29, 0.717) is 42.3 Å². The first kappa shape index (κ1) is 24.0. The average molecular weight is 397 g/mol. The van der Waals surface area contributed by atoms with Crippen molar-refractivity contribution in [2.75, 3.05) is 40.3 Å². The van der Waals surface area contributed by atoms with Gasteiger partial charge in [-0.3, -0.25) is 9.80 Å². The molecule has 166 valence electrons. The van der Waals surface area contributed by atoms with Crippen LogP contribution in [-0.4, -0.2) is 103 Å². The van der Waals surface area contributed by atoms with Gasteiger partial charge in [-0.1, -0.05) is 13.8 Å². The predicted octanol–water partition coefficient (Wildman–Crippen LogP) is 1.17. The number of likely N-dealkylation sites (tertiary alicyclic amines) is 2. The second-order valence-corrected chi connectivity index (χ2v) is 10.2. The number of nitrogens with zero attached hydrogens (tertiary/aromatic N) is 3. The van der Waals surface area contributed by atoms with Gasteiger partial charge in [0.1, 0.15) is 0 Å². The molecule has 2 heterocycles. The lowest BCUT2D eigenvalue weighted by molar-refractivity contribution is 0.220. The SMILES string of the molecule is CC(C)N[C@H]1CN(C(C)CCC(C)N[C@H]2CN(C(C)C)C[C@@H]2N(C)C)C[C@@H]1N. The molecule has 28 heavy (non-hydrogen) atoms. The van der Waals surface area contributed by atoms with Crippen LogP contribution in [0.3, 0.4) is 0 Å². The quantitative estimate of drug-likeness (QED) is 0.515. The number of hydrogen-bond acceptors (Lipinski definition) is 6. The molecule has 6 nitrogen and oxygen atoms in total. The fourth-order valence-corrected chi connectivity index (χ4v) is 4.87. The minimum absolute atomic E-state index is 0.252. The Balaban J connectivity index is 1.78. The highest BCUT2D eigenvalue weighted by atomic mass is 15.3. The van der Waals surface area contributed by atoms with E-state index in [-0.39, 0.29) is 6.04 Å². The summed E-state index contributed by atoms with van der Waals surface area (Å²) in [5.41, 5.74) is 6.38. The smallest absolute Gasteiger partial charge is 0.0383 e. The molecule has 2 rings (SSSR count). The second-order valence-electron chi connectivity index (χ2n) is 10.2. The van der Waals surface area contributed by atoms with Gasteiger partial charge in [0, 0.05) is 74.5 Å². The minimum Gasteiger partial charge on any atom is -0.325 e. The van der Waals surface area contributed by atoms with E-state index in [1.165, 1.54) is 19.4 Å². The topological polar surface area (TPSA) is 59.8 Å². The van der Waals surface area contributed by atoms with Crippen LogP contribution in [0.4, 0.5) is 0 Å². The molecule has 0 aromatic heterocycles. The van der Waals surface area contributed by atoms with E-state index in [4.69, 9.17) is 5.73 Å². The standard InChI is InChI=1S/C22H48N6/c1-15(2)24-20-12-28(11-19(20)23)18(6)10-9-17(5)25-21-13-27(16(3)4)14-22(21)26(7)8/h15-22,24-25H,9-14,23H2,1-8H3/t17?,18?,19-,20-,21-,22-/m0/s1. The van der Waals surface area contributed by atoms with Gasteiger partial charge >= 0.3 is 0 Å². The van der Waals surface area contributed by atoms with Crippen LogP contribution in [0.2, 0.25) is 0 Å². The third-order valence-corrected chi connectivity index (χ3v) is 6.79. The highest BCUT2D eigenvalue weighted by Gasteiger charge is 2.36. The summed E-state index contributed by atoms with van der Waals surface area (Å²) >= 11 is 0. The van der Waals surface area contributed by atoms with Crippen LogP contribution in [0.1, 0.15) is 54.4 Å². The molecule has 6 heteroatoms. The van der Waals surface area contributed by atoms with E-state index in [2.05, 4.69) is 81.0 Å². The predicted molar refractivity (Wildman–Crippen MR) is 121 cm³/mol. The molecule has 2 aliphatic rings. The lowest BCUT2D eigenvalue weighted by Gasteiger charge is -2.30. The normalized spacial score (nSPS) is 32.1. The number of nitrogens with two attached hydrogens (primary N) is 1. The summed E-state index contributed by atoms with van der Waals surface area (Å²) in [7, 11) is 4.43. The Kier molecular flexibility index (Phi) is 9.17. The Morgan fingerprint density at radius 2 is 1.50 bits per heavy atom. The third-order valence-electron chi connectivity index (χ3n) is 6.79. The van der Waals surface area contributed by atoms with Crippen molar-refractivity contribution in [3.8, 4) is 0 Å². The molecule has 0 spiro atoms. The first-order valence-corrected chi connectivity index (χ1v) is 11.5. The van der Waals surface area contributed by atoms with Crippen molar-refractivity contribution in [1.29, 1.82) is 0 Å². The maximum absolute atomic E-state index is 6.38. The second kappa shape index (κ2) is 10.7. The molecule has 2 unspecified atom stereocenters. The maximum Gasteiger partial charge on any atom is 0.0383 e. The van der Waals surface area contributed by atoms with Crippen molar-refractivity contribution in [2.45, 2.75) is 103 Å². The molecular formula is C22H48N6. The summed E-state index contributed by atoms with van der Waals surface area (Å²) < 4.78 is 0. The van der Waals surface area contributed by atoms with Gasteiger partial charge in [-0.2, -0.15) is 0 Å². The molecule has 0 aromatic rings. The highest BCUT2D eigenvalue weighted by molar-refractivity contribution is 4.97. The van der Waals surface area contributed by atoms with Crippen molar-refractivity contribution in [3.05, 3.63) is 0 Å². The molecule has 0 radical (unpaired) electrons. The fourth-order valence-electron chi connectivity index (χ4n) is 4.87. The van der Waals surface area contributed by atoms with Crippen molar-refractivity contribution in [1.82, 2.24) is 25.3 Å². The van der Waals surface area contributed by atoms with E-state index < -0.39 is 0 Å². The fraction of sp³-hybridized carbons (Fsp3) is 1.00. The van der Waals surface area contributed by atoms with Gasteiger partial charge in [-0.25, -0.2) is 0 Å². The van der Waals surface area contributed by atoms with Crippen molar-refractivity contribution < 1.29 is 0 Å². The summed E-state index contributed by atoms with van der Waals surface area (Å²) in [6.45, 7) is 18.2. The van der Waals surface area contributed by atoms with E-state index in [9.17, 15) is 0 Å². The summed E-state index contributed by atoms with van der Waals surface area (Å²) in [5.74, 6) is 0. The van der Waals surface area contributed by atoms with Gasteiger partial charge in [0.25, 0.3) is 0 Å². The molecule has 0 amide bonds. The zero-order valence-corrected chi connectivity index (χ0v) is 19.8. The minimum atomic E-state index is 0.252. The summed E-state index contributed by atoms with van der Waals surface area (Å²) in [6.07, 6.45) is 2.44. The van der Waals surface area contributed by atoms with E-state index in [1.54, 1.807) is 0 Å². The average Bonchev–Trinajstić information content (AvgIpc) is 3.17. The Hall–Kier alpha value is -0.240. The van der Waals surface area contributed by atoms with E-state index in [1.807, 2.05) is 0 Å². The Morgan fingerprint density at radius 1 is 0.857 bits per heavy atom. The molecule has 2 saturated heterocycles. The number of rotatable bonds is 10. The summed E-state index contributed by atoms with van der Waals surface area (Å²) in [5, 5.41) is 7.58. The van der Waals surface area contributed by atoms with Crippen LogP contribution < -0.4 is 16.4 Å².